The predicted molar refractivity (Wildman–Crippen MR) is 103 cm³/mol. The molecule has 1 aliphatic rings. The van der Waals surface area contributed by atoms with Crippen LogP contribution in [0.5, 0.6) is 0 Å². The molecule has 1 aliphatic heterocycles. The van der Waals surface area contributed by atoms with Gasteiger partial charge in [0.1, 0.15) is 10.7 Å². The Bertz CT molecular complexity index is 1030. The number of carbonyl (C=O) groups excluding carboxylic acids is 1. The molecule has 152 valence electrons. The van der Waals surface area contributed by atoms with Crippen molar-refractivity contribution in [1.82, 2.24) is 19.7 Å². The quantitative estimate of drug-likeness (QED) is 0.699. The highest BCUT2D eigenvalue weighted by molar-refractivity contribution is 7.13. The minimum atomic E-state index is -4.49. The zero-order chi connectivity index (χ0) is 20.6. The molecule has 1 atom stereocenters. The van der Waals surface area contributed by atoms with Crippen LogP contribution in [-0.2, 0) is 6.18 Å². The second-order valence-corrected chi connectivity index (χ2v) is 7.61. The minimum absolute atomic E-state index is 0.0225. The number of nitrogens with two attached hydrogens (primary N) is 1. The summed E-state index contributed by atoms with van der Waals surface area (Å²) in [5.41, 5.74) is 5.75. The number of rotatable bonds is 4. The molecule has 0 spiro atoms. The lowest BCUT2D eigenvalue weighted by Gasteiger charge is -2.22. The molecule has 3 heterocycles. The van der Waals surface area contributed by atoms with Gasteiger partial charge >= 0.3 is 6.18 Å². The van der Waals surface area contributed by atoms with E-state index in [1.54, 1.807) is 10.3 Å². The third-order valence-electron chi connectivity index (χ3n) is 4.92. The summed E-state index contributed by atoms with van der Waals surface area (Å²) in [6.45, 7) is 1.06. The lowest BCUT2D eigenvalue weighted by Crippen LogP contribution is -2.40. The largest absolute Gasteiger partial charge is 0.418 e. The van der Waals surface area contributed by atoms with Gasteiger partial charge in [0.05, 0.1) is 17.4 Å². The first-order valence-corrected chi connectivity index (χ1v) is 9.94. The highest BCUT2D eigenvalue weighted by Gasteiger charge is 2.34. The van der Waals surface area contributed by atoms with Crippen LogP contribution in [0.2, 0.25) is 0 Å². The normalized spacial score (nSPS) is 17.1. The molecular formula is C19H18F3N5OS. The van der Waals surface area contributed by atoms with E-state index in [9.17, 15) is 18.0 Å². The summed E-state index contributed by atoms with van der Waals surface area (Å²) in [7, 11) is 0. The van der Waals surface area contributed by atoms with Gasteiger partial charge in [-0.25, -0.2) is 9.67 Å². The van der Waals surface area contributed by atoms with E-state index in [4.69, 9.17) is 5.73 Å². The third kappa shape index (κ3) is 3.77. The predicted octanol–water partition coefficient (Wildman–Crippen LogP) is 3.58. The first-order chi connectivity index (χ1) is 13.9. The minimum Gasteiger partial charge on any atom is -0.333 e. The Morgan fingerprint density at radius 2 is 2.10 bits per heavy atom. The number of nitrogens with zero attached hydrogens (tertiary/aromatic N) is 4. The van der Waals surface area contributed by atoms with Gasteiger partial charge in [-0.2, -0.15) is 18.3 Å². The summed E-state index contributed by atoms with van der Waals surface area (Å²) in [6.07, 6.45) is 0.230. The van der Waals surface area contributed by atoms with Crippen molar-refractivity contribution < 1.29 is 18.0 Å². The SMILES string of the molecule is NC[C@H]1CCCN1C(=O)c1csc(-c2cnn(-c3ccccc3C(F)(F)F)c2)n1. The van der Waals surface area contributed by atoms with Crippen molar-refractivity contribution in [3.8, 4) is 16.3 Å². The molecule has 1 aromatic carbocycles. The fourth-order valence-electron chi connectivity index (χ4n) is 3.48. The zero-order valence-corrected chi connectivity index (χ0v) is 16.1. The number of amides is 1. The Kier molecular flexibility index (Phi) is 5.13. The van der Waals surface area contributed by atoms with Gasteiger partial charge in [0, 0.05) is 36.3 Å². The van der Waals surface area contributed by atoms with Gasteiger partial charge < -0.3 is 10.6 Å². The second-order valence-electron chi connectivity index (χ2n) is 6.76. The molecular weight excluding hydrogens is 403 g/mol. The molecule has 10 heteroatoms. The van der Waals surface area contributed by atoms with Crippen molar-refractivity contribution in [1.29, 1.82) is 0 Å². The van der Waals surface area contributed by atoms with Crippen LogP contribution in [0.1, 0.15) is 28.9 Å². The monoisotopic (exact) mass is 421 g/mol. The lowest BCUT2D eigenvalue weighted by atomic mass is 10.1. The average molecular weight is 421 g/mol. The van der Waals surface area contributed by atoms with Crippen molar-refractivity contribution in [2.45, 2.75) is 25.1 Å². The van der Waals surface area contributed by atoms with Crippen molar-refractivity contribution >= 4 is 17.2 Å². The van der Waals surface area contributed by atoms with E-state index >= 15 is 0 Å². The van der Waals surface area contributed by atoms with Crippen LogP contribution < -0.4 is 5.73 Å². The van der Waals surface area contributed by atoms with Crippen LogP contribution in [0, 0.1) is 0 Å². The first kappa shape index (κ1) is 19.6. The van der Waals surface area contributed by atoms with E-state index in [1.807, 2.05) is 0 Å². The van der Waals surface area contributed by atoms with Gasteiger partial charge in [-0.05, 0) is 25.0 Å². The van der Waals surface area contributed by atoms with E-state index in [2.05, 4.69) is 10.1 Å². The molecule has 4 rings (SSSR count). The molecule has 3 aromatic rings. The number of para-hydroxylation sites is 1. The summed E-state index contributed by atoms with van der Waals surface area (Å²) < 4.78 is 41.0. The molecule has 6 nitrogen and oxygen atoms in total. The van der Waals surface area contributed by atoms with Crippen LogP contribution in [0.15, 0.2) is 42.0 Å². The molecule has 0 aliphatic carbocycles. The summed E-state index contributed by atoms with van der Waals surface area (Å²) in [5.74, 6) is -0.171. The average Bonchev–Trinajstić information content (AvgIpc) is 3.46. The van der Waals surface area contributed by atoms with Gasteiger partial charge in [-0.15, -0.1) is 11.3 Å². The van der Waals surface area contributed by atoms with E-state index in [0.29, 0.717) is 29.4 Å². The second kappa shape index (κ2) is 7.60. The van der Waals surface area contributed by atoms with Crippen LogP contribution in [0.4, 0.5) is 13.2 Å². The number of carbonyl (C=O) groups is 1. The van der Waals surface area contributed by atoms with Crippen molar-refractivity contribution in [2.24, 2.45) is 5.73 Å². The van der Waals surface area contributed by atoms with E-state index in [1.165, 1.54) is 46.6 Å². The van der Waals surface area contributed by atoms with Gasteiger partial charge in [-0.1, -0.05) is 12.1 Å². The molecule has 2 aromatic heterocycles. The van der Waals surface area contributed by atoms with Crippen molar-refractivity contribution in [3.63, 3.8) is 0 Å². The molecule has 1 saturated heterocycles. The number of hydrogen-bond acceptors (Lipinski definition) is 5. The van der Waals surface area contributed by atoms with Crippen LogP contribution >= 0.6 is 11.3 Å². The standard InChI is InChI=1S/C19H18F3N5OS/c20-19(21,22)14-5-1-2-6-16(14)27-10-12(9-24-27)17-25-15(11-29-17)18(28)26-7-3-4-13(26)8-23/h1-2,5-6,9-11,13H,3-4,7-8,23H2/t13-/m1/s1. The number of alkyl halides is 3. The maximum atomic E-state index is 13.3. The van der Waals surface area contributed by atoms with Crippen molar-refractivity contribution in [2.75, 3.05) is 13.1 Å². The number of halogens is 3. The Morgan fingerprint density at radius 1 is 1.31 bits per heavy atom. The zero-order valence-electron chi connectivity index (χ0n) is 15.3. The molecule has 0 saturated carbocycles. The highest BCUT2D eigenvalue weighted by Crippen LogP contribution is 2.34. The lowest BCUT2D eigenvalue weighted by molar-refractivity contribution is -0.137. The third-order valence-corrected chi connectivity index (χ3v) is 5.81. The number of benzene rings is 1. The molecule has 1 amide bonds. The van der Waals surface area contributed by atoms with E-state index in [0.717, 1.165) is 18.9 Å². The smallest absolute Gasteiger partial charge is 0.333 e. The fraction of sp³-hybridized carbons (Fsp3) is 0.316. The molecule has 0 radical (unpaired) electrons. The molecule has 0 bridgehead atoms. The summed E-state index contributed by atoms with van der Waals surface area (Å²) in [6, 6.07) is 5.25. The van der Waals surface area contributed by atoms with Gasteiger partial charge in [0.15, 0.2) is 0 Å². The van der Waals surface area contributed by atoms with Crippen molar-refractivity contribution in [3.05, 3.63) is 53.3 Å². The first-order valence-electron chi connectivity index (χ1n) is 9.06. The fourth-order valence-corrected chi connectivity index (χ4v) is 4.25. The van der Waals surface area contributed by atoms with Crippen LogP contribution in [-0.4, -0.2) is 44.7 Å². The number of likely N-dealkylation sites (tertiary alicyclic amines) is 1. The van der Waals surface area contributed by atoms with Crippen LogP contribution in [0.3, 0.4) is 0 Å². The Hall–Kier alpha value is -2.72. The Balaban J connectivity index is 1.60. The maximum absolute atomic E-state index is 13.3. The summed E-state index contributed by atoms with van der Waals surface area (Å²) in [4.78, 5) is 18.8. The Labute approximate surface area is 168 Å². The molecule has 29 heavy (non-hydrogen) atoms. The number of hydrogen-bond donors (Lipinski definition) is 1. The molecule has 2 N–H and O–H groups in total. The molecule has 1 fully saturated rings. The molecule has 0 unspecified atom stereocenters. The van der Waals surface area contributed by atoms with E-state index < -0.39 is 11.7 Å². The summed E-state index contributed by atoms with van der Waals surface area (Å²) in [5, 5.41) is 6.24. The highest BCUT2D eigenvalue weighted by atomic mass is 32.1. The van der Waals surface area contributed by atoms with E-state index in [-0.39, 0.29) is 17.6 Å². The van der Waals surface area contributed by atoms with Gasteiger partial charge in [0.2, 0.25) is 0 Å². The maximum Gasteiger partial charge on any atom is 0.418 e. The Morgan fingerprint density at radius 3 is 2.86 bits per heavy atom. The number of thiazole rings is 1. The summed E-state index contributed by atoms with van der Waals surface area (Å²) >= 11 is 1.25. The topological polar surface area (TPSA) is 77.0 Å². The van der Waals surface area contributed by atoms with Gasteiger partial charge in [0.25, 0.3) is 5.91 Å². The van der Waals surface area contributed by atoms with Gasteiger partial charge in [-0.3, -0.25) is 4.79 Å². The number of aromatic nitrogens is 3. The van der Waals surface area contributed by atoms with Crippen LogP contribution in [0.25, 0.3) is 16.3 Å².